The molecule has 0 radical (unpaired) electrons. The van der Waals surface area contributed by atoms with Crippen LogP contribution in [0.5, 0.6) is 5.75 Å². The first-order valence-corrected chi connectivity index (χ1v) is 12.3. The normalized spacial score (nSPS) is 18.5. The van der Waals surface area contributed by atoms with Crippen LogP contribution in [0.25, 0.3) is 0 Å². The number of rotatable bonds is 7. The summed E-state index contributed by atoms with van der Waals surface area (Å²) < 4.78 is 38.8. The van der Waals surface area contributed by atoms with Gasteiger partial charge in [0.25, 0.3) is 15.9 Å². The molecule has 1 fully saturated rings. The third kappa shape index (κ3) is 6.25. The van der Waals surface area contributed by atoms with Crippen LogP contribution in [0.1, 0.15) is 36.2 Å². The van der Waals surface area contributed by atoms with Crippen molar-refractivity contribution in [1.29, 1.82) is 0 Å². The number of hydrogen-bond donors (Lipinski definition) is 1. The van der Waals surface area contributed by atoms with Gasteiger partial charge in [0.05, 0.1) is 12.7 Å². The number of ether oxygens (including phenoxy) is 2. The van der Waals surface area contributed by atoms with Crippen LogP contribution in [0.15, 0.2) is 47.4 Å². The number of aryl methyl sites for hydroxylation is 1. The molecular formula is C24H30N2O6S. The summed E-state index contributed by atoms with van der Waals surface area (Å²) in [4.78, 5) is 26.6. The second-order valence-corrected chi connectivity index (χ2v) is 10.3. The third-order valence-electron chi connectivity index (χ3n) is 5.54. The Morgan fingerprint density at radius 1 is 1.06 bits per heavy atom. The molecule has 2 atom stereocenters. The summed E-state index contributed by atoms with van der Waals surface area (Å²) in [6, 6.07) is 10.8. The monoisotopic (exact) mass is 474 g/mol. The van der Waals surface area contributed by atoms with Crippen LogP contribution in [0.4, 0.5) is 5.69 Å². The molecule has 178 valence electrons. The fraction of sp³-hybridized carbons (Fsp3) is 0.417. The highest BCUT2D eigenvalue weighted by molar-refractivity contribution is 7.92. The lowest BCUT2D eigenvalue weighted by Gasteiger charge is -2.34. The van der Waals surface area contributed by atoms with Crippen molar-refractivity contribution in [3.63, 3.8) is 0 Å². The molecule has 1 aliphatic rings. The number of likely N-dealkylation sites (tertiary alicyclic amines) is 1. The zero-order chi connectivity index (χ0) is 24.2. The molecule has 9 heteroatoms. The molecule has 33 heavy (non-hydrogen) atoms. The van der Waals surface area contributed by atoms with Crippen LogP contribution in [0, 0.1) is 18.8 Å². The first kappa shape index (κ1) is 24.6. The van der Waals surface area contributed by atoms with E-state index < -0.39 is 22.6 Å². The number of esters is 1. The molecule has 2 aromatic carbocycles. The maximum absolute atomic E-state index is 13.0. The number of sulfonamides is 1. The van der Waals surface area contributed by atoms with Gasteiger partial charge in [-0.05, 0) is 55.5 Å². The lowest BCUT2D eigenvalue weighted by molar-refractivity contribution is -0.137. The van der Waals surface area contributed by atoms with Gasteiger partial charge in [0.1, 0.15) is 10.6 Å². The average molecular weight is 475 g/mol. The quantitative estimate of drug-likeness (QED) is 0.617. The highest BCUT2D eigenvalue weighted by Gasteiger charge is 2.27. The topological polar surface area (TPSA) is 102 Å². The minimum Gasteiger partial charge on any atom is -0.495 e. The Bertz CT molecular complexity index is 1100. The van der Waals surface area contributed by atoms with Gasteiger partial charge in [-0.2, -0.15) is 0 Å². The van der Waals surface area contributed by atoms with Crippen molar-refractivity contribution in [1.82, 2.24) is 4.90 Å². The summed E-state index contributed by atoms with van der Waals surface area (Å²) in [7, 11) is -2.70. The first-order chi connectivity index (χ1) is 15.6. The molecule has 0 aliphatic carbocycles. The lowest BCUT2D eigenvalue weighted by Crippen LogP contribution is -2.44. The standard InChI is InChI=1S/C24H30N2O6S/c1-16-5-8-20(9-6-16)25-33(29,30)22-12-19(7-10-21(22)31-4)24(28)32-15-23(27)26-13-17(2)11-18(3)14-26/h5-10,12,17-18,25H,11,13-15H2,1-4H3. The zero-order valence-corrected chi connectivity index (χ0v) is 20.1. The summed E-state index contributed by atoms with van der Waals surface area (Å²) in [6.45, 7) is 6.95. The zero-order valence-electron chi connectivity index (χ0n) is 19.3. The molecule has 1 aliphatic heterocycles. The highest BCUT2D eigenvalue weighted by atomic mass is 32.2. The highest BCUT2D eigenvalue weighted by Crippen LogP contribution is 2.27. The van der Waals surface area contributed by atoms with Crippen molar-refractivity contribution >= 4 is 27.6 Å². The van der Waals surface area contributed by atoms with Gasteiger partial charge in [0.15, 0.2) is 6.61 Å². The van der Waals surface area contributed by atoms with Crippen LogP contribution in [-0.4, -0.2) is 52.0 Å². The minimum atomic E-state index is -4.04. The smallest absolute Gasteiger partial charge is 0.338 e. The Labute approximate surface area is 194 Å². The van der Waals surface area contributed by atoms with Crippen LogP contribution >= 0.6 is 0 Å². The Morgan fingerprint density at radius 3 is 2.30 bits per heavy atom. The SMILES string of the molecule is COc1ccc(C(=O)OCC(=O)N2CC(C)CC(C)C2)cc1S(=O)(=O)Nc1ccc(C)cc1. The molecule has 3 rings (SSSR count). The number of hydrogen-bond acceptors (Lipinski definition) is 6. The van der Waals surface area contributed by atoms with E-state index >= 15 is 0 Å². The number of carbonyl (C=O) groups is 2. The van der Waals surface area contributed by atoms with Crippen molar-refractivity contribution in [3.05, 3.63) is 53.6 Å². The molecule has 1 amide bonds. The number of nitrogens with one attached hydrogen (secondary N) is 1. The number of amides is 1. The van der Waals surface area contributed by atoms with Crippen LogP contribution in [0.2, 0.25) is 0 Å². The Morgan fingerprint density at radius 2 is 1.70 bits per heavy atom. The molecule has 1 N–H and O–H groups in total. The number of anilines is 1. The Hall–Kier alpha value is -3.07. The van der Waals surface area contributed by atoms with Gasteiger partial charge in [0, 0.05) is 18.8 Å². The molecule has 1 heterocycles. The van der Waals surface area contributed by atoms with E-state index in [4.69, 9.17) is 9.47 Å². The number of nitrogens with zero attached hydrogens (tertiary/aromatic N) is 1. The van der Waals surface area contributed by atoms with Gasteiger partial charge in [-0.3, -0.25) is 9.52 Å². The summed E-state index contributed by atoms with van der Waals surface area (Å²) in [5, 5.41) is 0. The van der Waals surface area contributed by atoms with Crippen molar-refractivity contribution < 1.29 is 27.5 Å². The van der Waals surface area contributed by atoms with Crippen molar-refractivity contribution in [2.45, 2.75) is 32.1 Å². The second kappa shape index (κ2) is 10.2. The fourth-order valence-corrected chi connectivity index (χ4v) is 5.27. The van der Waals surface area contributed by atoms with E-state index in [2.05, 4.69) is 18.6 Å². The summed E-state index contributed by atoms with van der Waals surface area (Å²) in [5.74, 6) is -0.175. The van der Waals surface area contributed by atoms with Gasteiger partial charge < -0.3 is 14.4 Å². The maximum Gasteiger partial charge on any atom is 0.338 e. The molecule has 8 nitrogen and oxygen atoms in total. The predicted molar refractivity (Wildman–Crippen MR) is 125 cm³/mol. The van der Waals surface area contributed by atoms with Crippen molar-refractivity contribution in [3.8, 4) is 5.75 Å². The molecule has 0 spiro atoms. The first-order valence-electron chi connectivity index (χ1n) is 10.8. The number of benzene rings is 2. The van der Waals surface area contributed by atoms with Crippen LogP contribution in [-0.2, 0) is 19.6 Å². The number of methoxy groups -OCH3 is 1. The van der Waals surface area contributed by atoms with E-state index in [9.17, 15) is 18.0 Å². The molecule has 0 saturated carbocycles. The van der Waals surface area contributed by atoms with E-state index in [0.29, 0.717) is 30.6 Å². The number of carbonyl (C=O) groups excluding carboxylic acids is 2. The largest absolute Gasteiger partial charge is 0.495 e. The lowest BCUT2D eigenvalue weighted by atomic mass is 9.92. The van der Waals surface area contributed by atoms with Crippen LogP contribution < -0.4 is 9.46 Å². The minimum absolute atomic E-state index is 0.00765. The molecule has 0 aromatic heterocycles. The number of piperidine rings is 1. The van der Waals surface area contributed by atoms with E-state index in [1.54, 1.807) is 29.2 Å². The Balaban J connectivity index is 1.73. The van der Waals surface area contributed by atoms with Gasteiger partial charge >= 0.3 is 5.97 Å². The van der Waals surface area contributed by atoms with Gasteiger partial charge in [-0.15, -0.1) is 0 Å². The third-order valence-corrected chi connectivity index (χ3v) is 6.94. The summed E-state index contributed by atoms with van der Waals surface area (Å²) >= 11 is 0. The average Bonchev–Trinajstić information content (AvgIpc) is 2.77. The van der Waals surface area contributed by atoms with E-state index in [1.807, 2.05) is 6.92 Å². The summed E-state index contributed by atoms with van der Waals surface area (Å²) in [5.41, 5.74) is 1.38. The van der Waals surface area contributed by atoms with Gasteiger partial charge in [-0.1, -0.05) is 31.5 Å². The van der Waals surface area contributed by atoms with E-state index in [-0.39, 0.29) is 22.1 Å². The summed E-state index contributed by atoms with van der Waals surface area (Å²) in [6.07, 6.45) is 1.06. The fourth-order valence-electron chi connectivity index (χ4n) is 4.01. The molecular weight excluding hydrogens is 444 g/mol. The maximum atomic E-state index is 13.0. The Kier molecular flexibility index (Phi) is 7.63. The molecule has 2 aromatic rings. The van der Waals surface area contributed by atoms with E-state index in [0.717, 1.165) is 12.0 Å². The van der Waals surface area contributed by atoms with Gasteiger partial charge in [0.2, 0.25) is 0 Å². The van der Waals surface area contributed by atoms with Crippen molar-refractivity contribution in [2.75, 3.05) is 31.5 Å². The van der Waals surface area contributed by atoms with Gasteiger partial charge in [-0.25, -0.2) is 13.2 Å². The predicted octanol–water partition coefficient (Wildman–Crippen LogP) is 3.47. The van der Waals surface area contributed by atoms with E-state index in [1.165, 1.54) is 25.3 Å². The molecule has 2 unspecified atom stereocenters. The van der Waals surface area contributed by atoms with Crippen LogP contribution in [0.3, 0.4) is 0 Å². The second-order valence-electron chi connectivity index (χ2n) is 8.66. The molecule has 0 bridgehead atoms. The van der Waals surface area contributed by atoms with Crippen molar-refractivity contribution in [2.24, 2.45) is 11.8 Å². The molecule has 1 saturated heterocycles.